The van der Waals surface area contributed by atoms with Crippen LogP contribution in [0.5, 0.6) is 0 Å². The fourth-order valence-corrected chi connectivity index (χ4v) is 14.6. The second-order valence-electron chi connectivity index (χ2n) is 28.0. The van der Waals surface area contributed by atoms with Crippen molar-refractivity contribution in [2.45, 2.75) is 192 Å². The maximum Gasteiger partial charge on any atom is 0.223 e. The summed E-state index contributed by atoms with van der Waals surface area (Å²) < 4.78 is 11.5. The highest BCUT2D eigenvalue weighted by Gasteiger charge is 2.38. The van der Waals surface area contributed by atoms with Crippen LogP contribution in [0.1, 0.15) is 206 Å². The number of hydrogen-bond donors (Lipinski definition) is 1. The molecule has 0 unspecified atom stereocenters. The normalized spacial score (nSPS) is 19.0. The molecular formula is C72H79N21O3. The van der Waals surface area contributed by atoms with Crippen molar-refractivity contribution in [3.05, 3.63) is 159 Å². The first-order valence-electron chi connectivity index (χ1n) is 34.6. The van der Waals surface area contributed by atoms with Crippen LogP contribution in [0.4, 0.5) is 0 Å². The molecule has 12 bridgehead atoms. The van der Waals surface area contributed by atoms with Gasteiger partial charge in [0.2, 0.25) is 17.7 Å². The minimum atomic E-state index is 0.0359. The number of pyridine rings is 3. The zero-order valence-electron chi connectivity index (χ0n) is 55.2. The van der Waals surface area contributed by atoms with Crippen molar-refractivity contribution >= 4 is 34.9 Å². The number of hydrogen-bond acceptors (Lipinski definition) is 15. The molecule has 10 aliphatic rings. The van der Waals surface area contributed by atoms with E-state index in [0.717, 1.165) is 187 Å². The highest BCUT2D eigenvalue weighted by molar-refractivity contribution is 6.17. The number of carbonyl (C=O) groups is 3. The smallest absolute Gasteiger partial charge is 0.223 e. The Balaban J connectivity index is 0.000000109. The fourth-order valence-electron chi connectivity index (χ4n) is 14.6. The molecule has 6 aliphatic heterocycles. The second kappa shape index (κ2) is 24.1. The molecule has 9 aromatic rings. The van der Waals surface area contributed by atoms with Gasteiger partial charge in [-0.3, -0.25) is 72.4 Å². The highest BCUT2D eigenvalue weighted by atomic mass is 16.2. The third kappa shape index (κ3) is 11.7. The van der Waals surface area contributed by atoms with Gasteiger partial charge in [0.05, 0.1) is 108 Å². The molecule has 9 aromatic heterocycles. The van der Waals surface area contributed by atoms with Crippen molar-refractivity contribution in [1.29, 1.82) is 0 Å². The molecule has 0 atom stereocenters. The minimum Gasteiger partial charge on any atom is -0.350 e. The molecule has 19 rings (SSSR count). The van der Waals surface area contributed by atoms with Crippen LogP contribution in [0.25, 0.3) is 33.4 Å². The Bertz CT molecular complexity index is 4520. The van der Waals surface area contributed by atoms with Gasteiger partial charge in [0, 0.05) is 212 Å². The molecule has 4 saturated carbocycles. The van der Waals surface area contributed by atoms with Gasteiger partial charge in [-0.2, -0.15) is 30.6 Å². The summed E-state index contributed by atoms with van der Waals surface area (Å²) in [5, 5.41) is 31.8. The first kappa shape index (κ1) is 59.8. The molecule has 1 N–H and O–H groups in total. The molecule has 24 heteroatoms. The molecule has 0 saturated heterocycles. The van der Waals surface area contributed by atoms with Gasteiger partial charge in [0.15, 0.2) is 0 Å². The van der Waals surface area contributed by atoms with Crippen LogP contribution in [0.2, 0.25) is 0 Å². The van der Waals surface area contributed by atoms with E-state index in [2.05, 4.69) is 61.1 Å². The van der Waals surface area contributed by atoms with Crippen molar-refractivity contribution in [2.24, 2.45) is 36.1 Å². The molecule has 4 fully saturated rings. The zero-order valence-corrected chi connectivity index (χ0v) is 55.2. The molecule has 0 radical (unpaired) electrons. The van der Waals surface area contributed by atoms with E-state index in [1.54, 1.807) is 4.68 Å². The van der Waals surface area contributed by atoms with Crippen LogP contribution in [0.3, 0.4) is 0 Å². The average molecular weight is 1290 g/mol. The van der Waals surface area contributed by atoms with Crippen LogP contribution in [0, 0.1) is 0 Å². The Morgan fingerprint density at radius 2 is 0.823 bits per heavy atom. The first-order chi connectivity index (χ1) is 46.8. The molecular weight excluding hydrogens is 1210 g/mol. The van der Waals surface area contributed by atoms with E-state index in [0.29, 0.717) is 82.3 Å². The van der Waals surface area contributed by atoms with Gasteiger partial charge < -0.3 is 15.1 Å². The van der Waals surface area contributed by atoms with E-state index in [-0.39, 0.29) is 23.8 Å². The SMILES string of the molecule is CC(C)N1Cc2nn(C)cc2-c2cnc3c(c2)C(=NC3)c2cn(nc2C2CC2)CCCC1=O.Cn1cc2c(n1)CN(C1CC1)C(=O)CCCn1cc(c(C3CC3)n1)C1=NCc3ncc-2cc31.Cn1cc2c(n1)CNC(=O)CCCn1cc(c(C3CC3)n1)C1=NCc3ncc-2cc31. The second-order valence-corrected chi connectivity index (χ2v) is 28.0. The van der Waals surface area contributed by atoms with Crippen molar-refractivity contribution in [3.8, 4) is 33.4 Å². The first-order valence-corrected chi connectivity index (χ1v) is 34.6. The van der Waals surface area contributed by atoms with Gasteiger partial charge >= 0.3 is 0 Å². The van der Waals surface area contributed by atoms with Crippen molar-refractivity contribution in [2.75, 3.05) is 0 Å². The topological polar surface area (TPSA) is 252 Å². The summed E-state index contributed by atoms with van der Waals surface area (Å²) in [6.07, 6.45) is 31.3. The van der Waals surface area contributed by atoms with E-state index in [9.17, 15) is 14.4 Å². The Morgan fingerprint density at radius 1 is 0.427 bits per heavy atom. The number of carbonyl (C=O) groups excluding carboxylic acids is 3. The van der Waals surface area contributed by atoms with E-state index in [1.807, 2.05) is 91.5 Å². The predicted octanol–water partition coefficient (Wildman–Crippen LogP) is 8.95. The molecule has 0 spiro atoms. The summed E-state index contributed by atoms with van der Waals surface area (Å²) in [5.74, 6) is 1.98. The Morgan fingerprint density at radius 3 is 1.24 bits per heavy atom. The minimum absolute atomic E-state index is 0.0359. The van der Waals surface area contributed by atoms with Crippen molar-refractivity contribution < 1.29 is 14.4 Å². The molecule has 0 aromatic carbocycles. The van der Waals surface area contributed by atoms with Gasteiger partial charge in [-0.05, 0) is 103 Å². The van der Waals surface area contributed by atoms with Gasteiger partial charge in [-0.25, -0.2) is 0 Å². The summed E-state index contributed by atoms with van der Waals surface area (Å²) in [7, 11) is 5.77. The molecule has 4 aliphatic carbocycles. The number of rotatable bonds is 5. The number of fused-ring (bicyclic) bond motifs is 18. The van der Waals surface area contributed by atoms with Crippen LogP contribution < -0.4 is 5.32 Å². The third-order valence-electron chi connectivity index (χ3n) is 20.2. The lowest BCUT2D eigenvalue weighted by Gasteiger charge is -2.26. The summed E-state index contributed by atoms with van der Waals surface area (Å²) in [4.78, 5) is 71.7. The lowest BCUT2D eigenvalue weighted by atomic mass is 9.98. The number of amides is 3. The Kier molecular flexibility index (Phi) is 15.0. The van der Waals surface area contributed by atoms with Crippen LogP contribution in [-0.4, -0.2) is 130 Å². The van der Waals surface area contributed by atoms with E-state index < -0.39 is 0 Å². The number of nitrogens with one attached hydrogen (secondary N) is 1. The van der Waals surface area contributed by atoms with Crippen LogP contribution in [0.15, 0.2) is 88.9 Å². The number of nitrogens with zero attached hydrogens (tertiary/aromatic N) is 20. The Hall–Kier alpha value is -9.87. The maximum atomic E-state index is 13.2. The monoisotopic (exact) mass is 1290 g/mol. The fraction of sp³-hybridized carbons (Fsp3) is 0.458. The number of aliphatic imine (C=N–C) groups is 3. The van der Waals surface area contributed by atoms with E-state index >= 15 is 0 Å². The predicted molar refractivity (Wildman–Crippen MR) is 359 cm³/mol. The summed E-state index contributed by atoms with van der Waals surface area (Å²) >= 11 is 0. The van der Waals surface area contributed by atoms with Crippen molar-refractivity contribution in [3.63, 3.8) is 0 Å². The lowest BCUT2D eigenvalue weighted by Crippen LogP contribution is -2.36. The van der Waals surface area contributed by atoms with Gasteiger partial charge in [0.1, 0.15) is 0 Å². The Labute approximate surface area is 556 Å². The molecule has 96 heavy (non-hydrogen) atoms. The lowest BCUT2D eigenvalue weighted by molar-refractivity contribution is -0.134. The maximum absolute atomic E-state index is 13.2. The molecule has 3 amide bonds. The summed E-state index contributed by atoms with van der Waals surface area (Å²) in [6.45, 7) is 9.60. The number of aryl methyl sites for hydroxylation is 6. The van der Waals surface area contributed by atoms with Gasteiger partial charge in [-0.1, -0.05) is 0 Å². The summed E-state index contributed by atoms with van der Waals surface area (Å²) in [6, 6.07) is 7.02. The van der Waals surface area contributed by atoms with Crippen LogP contribution in [-0.2, 0) is 94.4 Å². The van der Waals surface area contributed by atoms with Gasteiger partial charge in [-0.15, -0.1) is 0 Å². The molecule has 15 heterocycles. The summed E-state index contributed by atoms with van der Waals surface area (Å²) in [5.41, 5.74) is 25.0. The highest BCUT2D eigenvalue weighted by Crippen LogP contribution is 2.45. The van der Waals surface area contributed by atoms with E-state index in [1.165, 1.54) is 38.5 Å². The molecule has 490 valence electrons. The standard InChI is InChI=1S/C25H27N7O.C25H29N7O.C22H23N7O/c1-30-12-19-16-9-18-21(26-10-16)11-27-25(18)20-13-31(29-24(20)15-4-5-15)8-2-3-23(33)32(17-6-7-17)14-22(19)28-30;1-15(2)32-14-22-19(12-30(3)28-22)17-9-18-21(26-10-17)11-27-25(18)20-13-31(8-4-5-23(32)33)29-24(20)16-6-7-16;1-28-11-16-14-7-15-18(23-8-14)9-25-22(15)17-12-29(27-21(17)13-4-5-13)6-2-3-20(30)24-10-19(16)26-28/h9-10,12-13,15,17H,2-8,11,14H2,1H3;9-10,12-13,15-16H,4-8,11,14H2,1-3H3;7-8,11-13H,2-6,9-10H2,1H3,(H,24,30). The molecule has 24 nitrogen and oxygen atoms in total. The van der Waals surface area contributed by atoms with Crippen molar-refractivity contribution in [1.82, 2.24) is 88.8 Å². The van der Waals surface area contributed by atoms with E-state index in [4.69, 9.17) is 55.4 Å². The van der Waals surface area contributed by atoms with Gasteiger partial charge in [0.25, 0.3) is 0 Å². The average Bonchev–Trinajstić information content (AvgIpc) is 1.62. The quantitative estimate of drug-likeness (QED) is 0.170. The zero-order chi connectivity index (χ0) is 65.0. The third-order valence-corrected chi connectivity index (χ3v) is 20.2. The number of aromatic nitrogens is 15. The largest absolute Gasteiger partial charge is 0.350 e. The van der Waals surface area contributed by atoms with Crippen LogP contribution >= 0.6 is 0 Å².